The summed E-state index contributed by atoms with van der Waals surface area (Å²) in [6.07, 6.45) is 5.18. The van der Waals surface area contributed by atoms with Crippen LogP contribution in [0.25, 0.3) is 11.4 Å². The number of anilines is 1. The number of allylic oxidation sites excluding steroid dienone is 1. The molecule has 2 aromatic heterocycles. The molecule has 0 radical (unpaired) electrons. The molecule has 2 N–H and O–H groups in total. The van der Waals surface area contributed by atoms with Gasteiger partial charge in [0, 0.05) is 24.5 Å². The predicted octanol–water partition coefficient (Wildman–Crippen LogP) is 1.11. The normalized spacial score (nSPS) is 10.1. The maximum Gasteiger partial charge on any atom is 0.222 e. The van der Waals surface area contributed by atoms with Crippen molar-refractivity contribution in [1.29, 1.82) is 0 Å². The first-order valence-electron chi connectivity index (χ1n) is 4.53. The summed E-state index contributed by atoms with van der Waals surface area (Å²) in [6.45, 7) is 4.25. The van der Waals surface area contributed by atoms with E-state index in [1.54, 1.807) is 23.0 Å². The molecule has 0 aromatic carbocycles. The Bertz CT molecular complexity index is 460. The molecule has 2 heterocycles. The molecule has 2 aromatic rings. The molecular weight excluding hydrogens is 190 g/mol. The Hall–Kier alpha value is -2.17. The van der Waals surface area contributed by atoms with Crippen molar-refractivity contribution >= 4 is 5.95 Å². The SMILES string of the molecule is C=CCn1c(N)nnc1-c1cccnc1. The minimum atomic E-state index is 0.383. The van der Waals surface area contributed by atoms with Crippen molar-refractivity contribution in [3.05, 3.63) is 37.2 Å². The van der Waals surface area contributed by atoms with Crippen LogP contribution < -0.4 is 5.73 Å². The third-order valence-electron chi connectivity index (χ3n) is 2.01. The summed E-state index contributed by atoms with van der Waals surface area (Å²) < 4.78 is 1.78. The van der Waals surface area contributed by atoms with Crippen LogP contribution in [0.2, 0.25) is 0 Å². The van der Waals surface area contributed by atoms with Gasteiger partial charge in [-0.2, -0.15) is 0 Å². The summed E-state index contributed by atoms with van der Waals surface area (Å²) in [7, 11) is 0. The van der Waals surface area contributed by atoms with Crippen LogP contribution in [0.3, 0.4) is 0 Å². The van der Waals surface area contributed by atoms with Gasteiger partial charge in [0.1, 0.15) is 0 Å². The summed E-state index contributed by atoms with van der Waals surface area (Å²) in [5.41, 5.74) is 6.58. The van der Waals surface area contributed by atoms with Crippen LogP contribution >= 0.6 is 0 Å². The van der Waals surface area contributed by atoms with Gasteiger partial charge in [0.25, 0.3) is 0 Å². The first-order chi connectivity index (χ1) is 7.33. The van der Waals surface area contributed by atoms with Gasteiger partial charge in [-0.1, -0.05) is 6.08 Å². The molecule has 0 bridgehead atoms. The van der Waals surface area contributed by atoms with Crippen molar-refractivity contribution in [3.63, 3.8) is 0 Å². The highest BCUT2D eigenvalue weighted by Crippen LogP contribution is 2.17. The Labute approximate surface area is 87.3 Å². The summed E-state index contributed by atoms with van der Waals surface area (Å²) in [5.74, 6) is 1.09. The molecule has 0 saturated carbocycles. The Morgan fingerprint density at radius 3 is 3.00 bits per heavy atom. The first-order valence-corrected chi connectivity index (χ1v) is 4.53. The van der Waals surface area contributed by atoms with Crippen LogP contribution in [-0.4, -0.2) is 19.7 Å². The van der Waals surface area contributed by atoms with Gasteiger partial charge in [-0.3, -0.25) is 9.55 Å². The Morgan fingerprint density at radius 1 is 1.47 bits per heavy atom. The van der Waals surface area contributed by atoms with E-state index < -0.39 is 0 Å². The molecular formula is C10H11N5. The Balaban J connectivity index is 2.49. The molecule has 0 atom stereocenters. The van der Waals surface area contributed by atoms with Gasteiger partial charge in [0.2, 0.25) is 5.95 Å². The maximum absolute atomic E-state index is 5.69. The smallest absolute Gasteiger partial charge is 0.222 e. The number of nitrogen functional groups attached to an aromatic ring is 1. The maximum atomic E-state index is 5.69. The molecule has 2 rings (SSSR count). The molecule has 76 valence electrons. The van der Waals surface area contributed by atoms with Gasteiger partial charge < -0.3 is 5.73 Å². The molecule has 5 heteroatoms. The van der Waals surface area contributed by atoms with Crippen molar-refractivity contribution in [2.45, 2.75) is 6.54 Å². The van der Waals surface area contributed by atoms with E-state index >= 15 is 0 Å². The summed E-state index contributed by atoms with van der Waals surface area (Å²) in [5, 5.41) is 7.83. The third-order valence-corrected chi connectivity index (χ3v) is 2.01. The van der Waals surface area contributed by atoms with Gasteiger partial charge in [-0.05, 0) is 12.1 Å². The van der Waals surface area contributed by atoms with Crippen molar-refractivity contribution < 1.29 is 0 Å². The van der Waals surface area contributed by atoms with E-state index in [1.165, 1.54) is 0 Å². The Morgan fingerprint density at radius 2 is 2.33 bits per heavy atom. The number of hydrogen-bond acceptors (Lipinski definition) is 4. The van der Waals surface area contributed by atoms with Crippen molar-refractivity contribution in [1.82, 2.24) is 19.7 Å². The van der Waals surface area contributed by atoms with Crippen LogP contribution in [0.1, 0.15) is 0 Å². The summed E-state index contributed by atoms with van der Waals surface area (Å²) >= 11 is 0. The summed E-state index contributed by atoms with van der Waals surface area (Å²) in [6, 6.07) is 3.76. The minimum absolute atomic E-state index is 0.383. The number of pyridine rings is 1. The number of aromatic nitrogens is 4. The molecule has 0 aliphatic heterocycles. The average Bonchev–Trinajstić information content (AvgIpc) is 2.63. The zero-order valence-corrected chi connectivity index (χ0v) is 8.17. The highest BCUT2D eigenvalue weighted by molar-refractivity contribution is 5.55. The van der Waals surface area contributed by atoms with E-state index in [-0.39, 0.29) is 0 Å². The minimum Gasteiger partial charge on any atom is -0.368 e. The topological polar surface area (TPSA) is 69.6 Å². The second-order valence-corrected chi connectivity index (χ2v) is 3.02. The fourth-order valence-electron chi connectivity index (χ4n) is 1.33. The molecule has 0 aliphatic carbocycles. The van der Waals surface area contributed by atoms with Gasteiger partial charge in [-0.15, -0.1) is 16.8 Å². The molecule has 5 nitrogen and oxygen atoms in total. The highest BCUT2D eigenvalue weighted by atomic mass is 15.3. The van der Waals surface area contributed by atoms with E-state index in [4.69, 9.17) is 5.73 Å². The monoisotopic (exact) mass is 201 g/mol. The van der Waals surface area contributed by atoms with Crippen LogP contribution in [0.5, 0.6) is 0 Å². The van der Waals surface area contributed by atoms with E-state index in [0.29, 0.717) is 18.3 Å². The second-order valence-electron chi connectivity index (χ2n) is 3.02. The lowest BCUT2D eigenvalue weighted by atomic mass is 10.3. The van der Waals surface area contributed by atoms with Crippen LogP contribution in [0.4, 0.5) is 5.95 Å². The molecule has 0 spiro atoms. The van der Waals surface area contributed by atoms with Gasteiger partial charge >= 0.3 is 0 Å². The summed E-state index contributed by atoms with van der Waals surface area (Å²) in [4.78, 5) is 4.02. The molecule has 0 saturated heterocycles. The van der Waals surface area contributed by atoms with Crippen LogP contribution in [0.15, 0.2) is 37.2 Å². The molecule has 0 fully saturated rings. The fourth-order valence-corrected chi connectivity index (χ4v) is 1.33. The fraction of sp³-hybridized carbons (Fsp3) is 0.100. The van der Waals surface area contributed by atoms with Crippen molar-refractivity contribution in [3.8, 4) is 11.4 Å². The van der Waals surface area contributed by atoms with Gasteiger partial charge in [-0.25, -0.2) is 0 Å². The number of hydrogen-bond donors (Lipinski definition) is 1. The van der Waals surface area contributed by atoms with Gasteiger partial charge in [0.15, 0.2) is 5.82 Å². The third kappa shape index (κ3) is 1.71. The standard InChI is InChI=1S/C10H11N5/c1-2-6-15-9(13-14-10(15)11)8-4-3-5-12-7-8/h2-5,7H,1,6H2,(H2,11,14). The van der Waals surface area contributed by atoms with E-state index in [1.807, 2.05) is 12.1 Å². The van der Waals surface area contributed by atoms with E-state index in [9.17, 15) is 0 Å². The largest absolute Gasteiger partial charge is 0.368 e. The van der Waals surface area contributed by atoms with E-state index in [2.05, 4.69) is 21.8 Å². The molecule has 0 aliphatic rings. The first kappa shape index (κ1) is 9.39. The zero-order valence-electron chi connectivity index (χ0n) is 8.17. The van der Waals surface area contributed by atoms with Crippen molar-refractivity contribution in [2.24, 2.45) is 0 Å². The quantitative estimate of drug-likeness (QED) is 0.755. The Kier molecular flexibility index (Phi) is 2.45. The predicted molar refractivity (Wildman–Crippen MR) is 57.9 cm³/mol. The van der Waals surface area contributed by atoms with Crippen LogP contribution in [-0.2, 0) is 6.54 Å². The number of nitrogens with zero attached hydrogens (tertiary/aromatic N) is 4. The average molecular weight is 201 g/mol. The van der Waals surface area contributed by atoms with Crippen LogP contribution in [0, 0.1) is 0 Å². The molecule has 0 unspecified atom stereocenters. The van der Waals surface area contributed by atoms with E-state index in [0.717, 1.165) is 5.56 Å². The molecule has 0 amide bonds. The van der Waals surface area contributed by atoms with Crippen molar-refractivity contribution in [2.75, 3.05) is 5.73 Å². The lowest BCUT2D eigenvalue weighted by Gasteiger charge is -2.04. The number of nitrogens with two attached hydrogens (primary N) is 1. The zero-order chi connectivity index (χ0) is 10.7. The number of rotatable bonds is 3. The molecule has 15 heavy (non-hydrogen) atoms. The highest BCUT2D eigenvalue weighted by Gasteiger charge is 2.09. The van der Waals surface area contributed by atoms with Gasteiger partial charge in [0.05, 0.1) is 0 Å². The second kappa shape index (κ2) is 3.91. The lowest BCUT2D eigenvalue weighted by Crippen LogP contribution is -2.03. The lowest BCUT2D eigenvalue weighted by molar-refractivity contribution is 0.840.